The molecule has 1 aromatic heterocycles. The average Bonchev–Trinajstić information content (AvgIpc) is 2.96. The molecular formula is C15H24N2O5S. The van der Waals surface area contributed by atoms with Crippen molar-refractivity contribution in [3.8, 4) is 0 Å². The molecule has 1 aliphatic rings. The second-order valence-corrected chi connectivity index (χ2v) is 8.39. The van der Waals surface area contributed by atoms with Crippen molar-refractivity contribution in [1.29, 1.82) is 0 Å². The lowest BCUT2D eigenvalue weighted by Gasteiger charge is -2.30. The molecule has 2 heterocycles. The van der Waals surface area contributed by atoms with E-state index in [1.54, 1.807) is 25.3 Å². The number of carbonyl (C=O) groups excluding carboxylic acids is 1. The van der Waals surface area contributed by atoms with Gasteiger partial charge < -0.3 is 14.8 Å². The van der Waals surface area contributed by atoms with Gasteiger partial charge in [0.15, 0.2) is 0 Å². The summed E-state index contributed by atoms with van der Waals surface area (Å²) in [6, 6.07) is 3.52. The van der Waals surface area contributed by atoms with Gasteiger partial charge in [-0.2, -0.15) is 0 Å². The van der Waals surface area contributed by atoms with Crippen LogP contribution < -0.4 is 5.32 Å². The number of furan rings is 1. The van der Waals surface area contributed by atoms with Gasteiger partial charge in [-0.3, -0.25) is 4.79 Å². The van der Waals surface area contributed by atoms with Crippen LogP contribution in [-0.4, -0.2) is 55.2 Å². The molecule has 1 aromatic rings. The number of rotatable bonds is 6. The predicted octanol–water partition coefficient (Wildman–Crippen LogP) is 0.361. The van der Waals surface area contributed by atoms with Gasteiger partial charge in [0.05, 0.1) is 18.1 Å². The first-order chi connectivity index (χ1) is 10.7. The first-order valence-electron chi connectivity index (χ1n) is 7.65. The van der Waals surface area contributed by atoms with Crippen LogP contribution in [0.1, 0.15) is 25.5 Å². The van der Waals surface area contributed by atoms with Crippen LogP contribution in [-0.2, 0) is 21.2 Å². The number of sulfonamides is 1. The van der Waals surface area contributed by atoms with Crippen molar-refractivity contribution in [2.75, 3.05) is 25.9 Å². The summed E-state index contributed by atoms with van der Waals surface area (Å²) in [6.07, 6.45) is 4.03. The molecule has 0 bridgehead atoms. The second-order valence-electron chi connectivity index (χ2n) is 6.41. The van der Waals surface area contributed by atoms with E-state index in [4.69, 9.17) is 4.42 Å². The van der Waals surface area contributed by atoms with Gasteiger partial charge in [0.25, 0.3) is 0 Å². The molecule has 0 unspecified atom stereocenters. The Bertz CT molecular complexity index is 616. The average molecular weight is 344 g/mol. The first kappa shape index (κ1) is 18.0. The van der Waals surface area contributed by atoms with Crippen LogP contribution >= 0.6 is 0 Å². The summed E-state index contributed by atoms with van der Waals surface area (Å²) >= 11 is 0. The molecule has 0 aliphatic carbocycles. The zero-order valence-corrected chi connectivity index (χ0v) is 14.3. The zero-order valence-electron chi connectivity index (χ0n) is 13.5. The highest BCUT2D eigenvalue weighted by atomic mass is 32.2. The van der Waals surface area contributed by atoms with Crippen LogP contribution in [0.15, 0.2) is 22.8 Å². The van der Waals surface area contributed by atoms with Crippen LogP contribution in [0.5, 0.6) is 0 Å². The third kappa shape index (κ3) is 5.33. The third-order valence-electron chi connectivity index (χ3n) is 4.07. The largest absolute Gasteiger partial charge is 0.469 e. The van der Waals surface area contributed by atoms with Crippen molar-refractivity contribution in [2.24, 2.45) is 5.92 Å². The van der Waals surface area contributed by atoms with Gasteiger partial charge in [0.2, 0.25) is 15.9 Å². The van der Waals surface area contributed by atoms with Crippen molar-refractivity contribution in [3.05, 3.63) is 24.2 Å². The van der Waals surface area contributed by atoms with Crippen molar-refractivity contribution in [2.45, 2.75) is 31.8 Å². The van der Waals surface area contributed by atoms with Crippen LogP contribution in [0.25, 0.3) is 0 Å². The molecule has 0 radical (unpaired) electrons. The number of nitrogens with one attached hydrogen (secondary N) is 1. The standard InChI is InChI=1S/C15H24N2O5S/c1-15(19,10-13-4-3-9-22-13)11-16-14(18)12-5-7-17(8-6-12)23(2,20)21/h3-4,9,12,19H,5-8,10-11H2,1-2H3,(H,16,18)/t15-/m0/s1. The van der Waals surface area contributed by atoms with E-state index in [1.807, 2.05) is 0 Å². The van der Waals surface area contributed by atoms with E-state index >= 15 is 0 Å². The molecular weight excluding hydrogens is 320 g/mol. The molecule has 0 saturated carbocycles. The molecule has 1 fully saturated rings. The summed E-state index contributed by atoms with van der Waals surface area (Å²) in [5, 5.41) is 13.1. The maximum atomic E-state index is 12.2. The van der Waals surface area contributed by atoms with Crippen molar-refractivity contribution in [3.63, 3.8) is 0 Å². The molecule has 23 heavy (non-hydrogen) atoms. The summed E-state index contributed by atoms with van der Waals surface area (Å²) in [7, 11) is -3.19. The number of nitrogens with zero attached hydrogens (tertiary/aromatic N) is 1. The van der Waals surface area contributed by atoms with E-state index in [9.17, 15) is 18.3 Å². The Morgan fingerprint density at radius 3 is 2.65 bits per heavy atom. The minimum absolute atomic E-state index is 0.124. The Kier molecular flexibility index (Phi) is 5.49. The second kappa shape index (κ2) is 7.02. The van der Waals surface area contributed by atoms with E-state index in [2.05, 4.69) is 5.32 Å². The lowest BCUT2D eigenvalue weighted by Crippen LogP contribution is -2.47. The third-order valence-corrected chi connectivity index (χ3v) is 5.38. The molecule has 2 rings (SSSR count). The number of amides is 1. The van der Waals surface area contributed by atoms with Crippen molar-refractivity contribution < 1.29 is 22.7 Å². The van der Waals surface area contributed by atoms with Crippen molar-refractivity contribution in [1.82, 2.24) is 9.62 Å². The summed E-state index contributed by atoms with van der Waals surface area (Å²) < 4.78 is 29.5. The first-order valence-corrected chi connectivity index (χ1v) is 9.50. The van der Waals surface area contributed by atoms with Gasteiger partial charge in [-0.25, -0.2) is 12.7 Å². The normalized spacial score (nSPS) is 20.1. The topological polar surface area (TPSA) is 99.9 Å². The lowest BCUT2D eigenvalue weighted by molar-refractivity contribution is -0.127. The quantitative estimate of drug-likeness (QED) is 0.776. The number of hydrogen-bond donors (Lipinski definition) is 2. The Hall–Kier alpha value is -1.38. The Morgan fingerprint density at radius 1 is 1.48 bits per heavy atom. The SMILES string of the molecule is C[C@@](O)(CNC(=O)C1CCN(S(C)(=O)=O)CC1)Cc1ccco1. The predicted molar refractivity (Wildman–Crippen MR) is 85.2 cm³/mol. The van der Waals surface area contributed by atoms with Crippen LogP contribution in [0.2, 0.25) is 0 Å². The molecule has 7 nitrogen and oxygen atoms in total. The van der Waals surface area contributed by atoms with Gasteiger partial charge in [-0.15, -0.1) is 0 Å². The molecule has 1 saturated heterocycles. The van der Waals surface area contributed by atoms with Gasteiger partial charge in [-0.05, 0) is 31.9 Å². The molecule has 1 amide bonds. The fraction of sp³-hybridized carbons (Fsp3) is 0.667. The summed E-state index contributed by atoms with van der Waals surface area (Å²) in [5.41, 5.74) is -1.10. The summed E-state index contributed by atoms with van der Waals surface area (Å²) in [6.45, 7) is 2.49. The molecule has 1 atom stereocenters. The molecule has 0 aromatic carbocycles. The molecule has 8 heteroatoms. The van der Waals surface area contributed by atoms with Crippen LogP contribution in [0, 0.1) is 5.92 Å². The fourth-order valence-corrected chi connectivity index (χ4v) is 3.60. The summed E-state index contributed by atoms with van der Waals surface area (Å²) in [5.74, 6) is 0.302. The Morgan fingerprint density at radius 2 is 2.13 bits per heavy atom. The highest BCUT2D eigenvalue weighted by Gasteiger charge is 2.30. The minimum atomic E-state index is -3.19. The van der Waals surface area contributed by atoms with E-state index in [1.165, 1.54) is 10.6 Å². The maximum Gasteiger partial charge on any atom is 0.223 e. The van der Waals surface area contributed by atoms with Gasteiger partial charge in [0, 0.05) is 32.0 Å². The number of carbonyl (C=O) groups is 1. The number of hydrogen-bond acceptors (Lipinski definition) is 5. The fourth-order valence-electron chi connectivity index (χ4n) is 2.72. The van der Waals surface area contributed by atoms with E-state index in [0.29, 0.717) is 38.1 Å². The summed E-state index contributed by atoms with van der Waals surface area (Å²) in [4.78, 5) is 12.2. The molecule has 1 aliphatic heterocycles. The lowest BCUT2D eigenvalue weighted by atomic mass is 9.96. The van der Waals surface area contributed by atoms with Gasteiger partial charge in [0.1, 0.15) is 5.76 Å². The van der Waals surface area contributed by atoms with Crippen LogP contribution in [0.4, 0.5) is 0 Å². The maximum absolute atomic E-state index is 12.2. The highest BCUT2D eigenvalue weighted by molar-refractivity contribution is 7.88. The van der Waals surface area contributed by atoms with Gasteiger partial charge in [-0.1, -0.05) is 0 Å². The van der Waals surface area contributed by atoms with E-state index in [-0.39, 0.29) is 18.4 Å². The molecule has 2 N–H and O–H groups in total. The van der Waals surface area contributed by atoms with E-state index < -0.39 is 15.6 Å². The number of piperidine rings is 1. The zero-order chi connectivity index (χ0) is 17.1. The highest BCUT2D eigenvalue weighted by Crippen LogP contribution is 2.20. The Labute approximate surface area is 136 Å². The van der Waals surface area contributed by atoms with E-state index in [0.717, 1.165) is 0 Å². The smallest absolute Gasteiger partial charge is 0.223 e. The Balaban J connectivity index is 1.79. The number of aliphatic hydroxyl groups is 1. The van der Waals surface area contributed by atoms with Crippen molar-refractivity contribution >= 4 is 15.9 Å². The minimum Gasteiger partial charge on any atom is -0.469 e. The molecule has 130 valence electrons. The van der Waals surface area contributed by atoms with Gasteiger partial charge >= 0.3 is 0 Å². The molecule has 0 spiro atoms. The van der Waals surface area contributed by atoms with Crippen LogP contribution in [0.3, 0.4) is 0 Å². The monoisotopic (exact) mass is 344 g/mol.